The fourth-order valence-corrected chi connectivity index (χ4v) is 1.55. The predicted molar refractivity (Wildman–Crippen MR) is 69.0 cm³/mol. The van der Waals surface area contributed by atoms with Gasteiger partial charge in [-0.25, -0.2) is 9.59 Å². The van der Waals surface area contributed by atoms with Gasteiger partial charge in [0.1, 0.15) is 5.56 Å². The molecule has 0 atom stereocenters. The van der Waals surface area contributed by atoms with Crippen LogP contribution in [0.25, 0.3) is 0 Å². The maximum Gasteiger partial charge on any atom is 0.337 e. The fourth-order valence-electron chi connectivity index (χ4n) is 1.55. The summed E-state index contributed by atoms with van der Waals surface area (Å²) in [6.07, 6.45) is 0.958. The third-order valence-corrected chi connectivity index (χ3v) is 2.47. The first kappa shape index (κ1) is 13.3. The molecule has 0 bridgehead atoms. The number of carbonyl (C=O) groups excluding carboxylic acids is 1. The zero-order chi connectivity index (χ0) is 14.7. The van der Waals surface area contributed by atoms with E-state index in [1.54, 1.807) is 6.07 Å². The third kappa shape index (κ3) is 2.64. The monoisotopic (exact) mass is 275 g/mol. The molecule has 8 heteroatoms. The maximum absolute atomic E-state index is 11.9. The number of aromatic amines is 2. The number of para-hydroxylation sites is 1. The Morgan fingerprint density at radius 3 is 2.45 bits per heavy atom. The number of hydrogen-bond donors (Lipinski definition) is 4. The van der Waals surface area contributed by atoms with Crippen molar-refractivity contribution < 1.29 is 14.7 Å². The van der Waals surface area contributed by atoms with Gasteiger partial charge in [-0.2, -0.15) is 0 Å². The lowest BCUT2D eigenvalue weighted by atomic mass is 10.1. The van der Waals surface area contributed by atoms with Gasteiger partial charge in [0.05, 0.1) is 11.3 Å². The Bertz CT molecular complexity index is 790. The second kappa shape index (κ2) is 5.22. The normalized spacial score (nSPS) is 10.0. The van der Waals surface area contributed by atoms with Gasteiger partial charge in [-0.05, 0) is 12.1 Å². The SMILES string of the molecule is O=C(O)c1ccccc1NC(=O)c1c[nH]c(=O)[nH]c1=O. The molecule has 0 spiro atoms. The number of aromatic nitrogens is 2. The number of carboxylic acid groups (broad SMARTS) is 1. The summed E-state index contributed by atoms with van der Waals surface area (Å²) in [5, 5.41) is 11.3. The Balaban J connectivity index is 2.35. The lowest BCUT2D eigenvalue weighted by molar-refractivity contribution is 0.0698. The first-order valence-corrected chi connectivity index (χ1v) is 5.44. The summed E-state index contributed by atoms with van der Waals surface area (Å²) in [6, 6.07) is 5.75. The highest BCUT2D eigenvalue weighted by Gasteiger charge is 2.15. The van der Waals surface area contributed by atoms with Crippen molar-refractivity contribution in [3.05, 3.63) is 62.4 Å². The van der Waals surface area contributed by atoms with E-state index >= 15 is 0 Å². The molecule has 0 aliphatic carbocycles. The van der Waals surface area contributed by atoms with E-state index in [9.17, 15) is 19.2 Å². The summed E-state index contributed by atoms with van der Waals surface area (Å²) in [7, 11) is 0. The molecule has 0 saturated carbocycles. The van der Waals surface area contributed by atoms with Crippen LogP contribution in [-0.2, 0) is 0 Å². The van der Waals surface area contributed by atoms with Gasteiger partial charge < -0.3 is 15.4 Å². The van der Waals surface area contributed by atoms with Crippen LogP contribution in [0.1, 0.15) is 20.7 Å². The van der Waals surface area contributed by atoms with Crippen molar-refractivity contribution >= 4 is 17.6 Å². The third-order valence-electron chi connectivity index (χ3n) is 2.47. The smallest absolute Gasteiger partial charge is 0.337 e. The van der Waals surface area contributed by atoms with Gasteiger partial charge in [-0.1, -0.05) is 12.1 Å². The number of amides is 1. The van der Waals surface area contributed by atoms with Crippen molar-refractivity contribution in [2.45, 2.75) is 0 Å². The molecule has 2 aromatic rings. The van der Waals surface area contributed by atoms with Crippen LogP contribution >= 0.6 is 0 Å². The van der Waals surface area contributed by atoms with Crippen molar-refractivity contribution in [3.63, 3.8) is 0 Å². The molecule has 0 aliphatic heterocycles. The Labute approximate surface area is 111 Å². The van der Waals surface area contributed by atoms with Crippen LogP contribution in [0.5, 0.6) is 0 Å². The van der Waals surface area contributed by atoms with Gasteiger partial charge in [-0.15, -0.1) is 0 Å². The molecular weight excluding hydrogens is 266 g/mol. The highest BCUT2D eigenvalue weighted by Crippen LogP contribution is 2.15. The zero-order valence-electron chi connectivity index (χ0n) is 9.97. The number of benzene rings is 1. The highest BCUT2D eigenvalue weighted by atomic mass is 16.4. The predicted octanol–water partition coefficient (Wildman–Crippen LogP) is 0.0137. The van der Waals surface area contributed by atoms with Crippen molar-refractivity contribution in [2.24, 2.45) is 0 Å². The fraction of sp³-hybridized carbons (Fsp3) is 0. The molecule has 1 aromatic carbocycles. The van der Waals surface area contributed by atoms with E-state index in [4.69, 9.17) is 5.11 Å². The van der Waals surface area contributed by atoms with Gasteiger partial charge in [0.15, 0.2) is 0 Å². The van der Waals surface area contributed by atoms with E-state index in [1.165, 1.54) is 18.2 Å². The average Bonchev–Trinajstić information content (AvgIpc) is 2.38. The number of anilines is 1. The second-order valence-electron chi connectivity index (χ2n) is 3.79. The molecule has 8 nitrogen and oxygen atoms in total. The topological polar surface area (TPSA) is 132 Å². The number of hydrogen-bond acceptors (Lipinski definition) is 4. The van der Waals surface area contributed by atoms with Crippen molar-refractivity contribution in [3.8, 4) is 0 Å². The molecule has 0 saturated heterocycles. The number of rotatable bonds is 3. The molecule has 102 valence electrons. The molecule has 0 unspecified atom stereocenters. The Morgan fingerprint density at radius 1 is 1.10 bits per heavy atom. The lowest BCUT2D eigenvalue weighted by Crippen LogP contribution is -2.30. The molecule has 20 heavy (non-hydrogen) atoms. The summed E-state index contributed by atoms with van der Waals surface area (Å²) in [5.41, 5.74) is -1.99. The van der Waals surface area contributed by atoms with E-state index in [1.807, 2.05) is 4.98 Å². The summed E-state index contributed by atoms with van der Waals surface area (Å²) in [5.74, 6) is -2.03. The van der Waals surface area contributed by atoms with Gasteiger partial charge in [0.25, 0.3) is 11.5 Å². The molecule has 0 fully saturated rings. The quantitative estimate of drug-likeness (QED) is 0.626. The first-order chi connectivity index (χ1) is 9.49. The largest absolute Gasteiger partial charge is 0.478 e. The average molecular weight is 275 g/mol. The number of carbonyl (C=O) groups is 2. The molecule has 1 aromatic heterocycles. The summed E-state index contributed by atoms with van der Waals surface area (Å²) in [4.78, 5) is 49.2. The van der Waals surface area contributed by atoms with E-state index in [-0.39, 0.29) is 16.8 Å². The number of carboxylic acids is 1. The maximum atomic E-state index is 11.9. The van der Waals surface area contributed by atoms with E-state index in [0.29, 0.717) is 0 Å². The first-order valence-electron chi connectivity index (χ1n) is 5.44. The number of nitrogens with one attached hydrogen (secondary N) is 3. The summed E-state index contributed by atoms with van der Waals surface area (Å²) < 4.78 is 0. The van der Waals surface area contributed by atoms with Gasteiger partial charge >= 0.3 is 11.7 Å². The molecule has 1 amide bonds. The van der Waals surface area contributed by atoms with Crippen LogP contribution in [0.15, 0.2) is 40.1 Å². The standard InChI is InChI=1S/C12H9N3O5/c16-9(7-5-13-12(20)15-10(7)17)14-8-4-2-1-3-6(8)11(18)19/h1-5H,(H,14,16)(H,18,19)(H2,13,15,17,20). The minimum atomic E-state index is -1.21. The molecule has 0 aliphatic rings. The van der Waals surface area contributed by atoms with E-state index in [0.717, 1.165) is 6.20 Å². The minimum absolute atomic E-state index is 0.0515. The van der Waals surface area contributed by atoms with Crippen LogP contribution in [0, 0.1) is 0 Å². The van der Waals surface area contributed by atoms with Crippen LogP contribution in [-0.4, -0.2) is 27.0 Å². The van der Waals surface area contributed by atoms with Crippen LogP contribution in [0.4, 0.5) is 5.69 Å². The van der Waals surface area contributed by atoms with E-state index in [2.05, 4.69) is 10.3 Å². The van der Waals surface area contributed by atoms with E-state index < -0.39 is 23.1 Å². The lowest BCUT2D eigenvalue weighted by Gasteiger charge is -2.07. The van der Waals surface area contributed by atoms with Gasteiger partial charge in [-0.3, -0.25) is 14.6 Å². The van der Waals surface area contributed by atoms with Crippen LogP contribution in [0.3, 0.4) is 0 Å². The van der Waals surface area contributed by atoms with Gasteiger partial charge in [0, 0.05) is 6.20 Å². The number of aromatic carboxylic acids is 1. The second-order valence-corrected chi connectivity index (χ2v) is 3.79. The summed E-state index contributed by atoms with van der Waals surface area (Å²) >= 11 is 0. The number of H-pyrrole nitrogens is 2. The molecular formula is C12H9N3O5. The van der Waals surface area contributed by atoms with Crippen molar-refractivity contribution in [1.82, 2.24) is 9.97 Å². The van der Waals surface area contributed by atoms with Gasteiger partial charge in [0.2, 0.25) is 0 Å². The zero-order valence-corrected chi connectivity index (χ0v) is 9.97. The Kier molecular flexibility index (Phi) is 3.47. The molecule has 0 radical (unpaired) electrons. The summed E-state index contributed by atoms with van der Waals surface area (Å²) in [6.45, 7) is 0. The molecule has 1 heterocycles. The van der Waals surface area contributed by atoms with Crippen LogP contribution in [0.2, 0.25) is 0 Å². The molecule has 2 rings (SSSR count). The van der Waals surface area contributed by atoms with Crippen molar-refractivity contribution in [2.75, 3.05) is 5.32 Å². The van der Waals surface area contributed by atoms with Crippen LogP contribution < -0.4 is 16.6 Å². The molecule has 4 N–H and O–H groups in total. The Hall–Kier alpha value is -3.16. The van der Waals surface area contributed by atoms with Crippen molar-refractivity contribution in [1.29, 1.82) is 0 Å². The highest BCUT2D eigenvalue weighted by molar-refractivity contribution is 6.07. The Morgan fingerprint density at radius 2 is 1.80 bits per heavy atom. The minimum Gasteiger partial charge on any atom is -0.478 e.